The Morgan fingerprint density at radius 3 is 3.00 bits per heavy atom. The lowest BCUT2D eigenvalue weighted by Gasteiger charge is -2.19. The SMILES string of the molecule is Cc1cncnc1NC1=CC=C(C#N)CC1Cl. The Hall–Kier alpha value is -1.86. The topological polar surface area (TPSA) is 61.6 Å². The summed E-state index contributed by atoms with van der Waals surface area (Å²) in [5.74, 6) is 0.741. The average Bonchev–Trinajstić information content (AvgIpc) is 2.34. The van der Waals surface area contributed by atoms with Crippen LogP contribution in [0.25, 0.3) is 0 Å². The van der Waals surface area contributed by atoms with Gasteiger partial charge in [0.25, 0.3) is 0 Å². The predicted octanol–water partition coefficient (Wildman–Crippen LogP) is 2.54. The molecule has 1 atom stereocenters. The van der Waals surface area contributed by atoms with E-state index in [1.54, 1.807) is 12.3 Å². The van der Waals surface area contributed by atoms with Crippen molar-refractivity contribution in [3.05, 3.63) is 41.5 Å². The molecule has 0 bridgehead atoms. The maximum absolute atomic E-state index is 8.78. The van der Waals surface area contributed by atoms with Crippen LogP contribution < -0.4 is 5.32 Å². The van der Waals surface area contributed by atoms with Crippen LogP contribution in [-0.2, 0) is 0 Å². The van der Waals surface area contributed by atoms with Crippen LogP contribution in [0, 0.1) is 18.3 Å². The lowest BCUT2D eigenvalue weighted by molar-refractivity contribution is 0.936. The standard InChI is InChI=1S/C12H11ClN4/c1-8-6-15-7-16-12(8)17-11-3-2-9(5-14)4-10(11)13/h2-3,6-7,10H,4H2,1H3,(H,15,16,17). The molecule has 17 heavy (non-hydrogen) atoms. The van der Waals surface area contributed by atoms with Gasteiger partial charge in [0.1, 0.15) is 12.1 Å². The molecule has 0 radical (unpaired) electrons. The van der Waals surface area contributed by atoms with Crippen molar-refractivity contribution in [3.63, 3.8) is 0 Å². The summed E-state index contributed by atoms with van der Waals surface area (Å²) in [6, 6.07) is 2.11. The van der Waals surface area contributed by atoms with Gasteiger partial charge in [-0.3, -0.25) is 0 Å². The number of nitriles is 1. The summed E-state index contributed by atoms with van der Waals surface area (Å²) >= 11 is 6.19. The van der Waals surface area contributed by atoms with Gasteiger partial charge in [-0.15, -0.1) is 11.6 Å². The van der Waals surface area contributed by atoms with Crippen molar-refractivity contribution >= 4 is 17.4 Å². The molecule has 0 saturated heterocycles. The molecule has 4 nitrogen and oxygen atoms in total. The number of anilines is 1. The zero-order valence-electron chi connectivity index (χ0n) is 9.31. The smallest absolute Gasteiger partial charge is 0.136 e. The van der Waals surface area contributed by atoms with Crippen LogP contribution in [0.1, 0.15) is 12.0 Å². The van der Waals surface area contributed by atoms with Crippen molar-refractivity contribution in [3.8, 4) is 6.07 Å². The van der Waals surface area contributed by atoms with E-state index in [9.17, 15) is 0 Å². The van der Waals surface area contributed by atoms with Crippen molar-refractivity contribution in [1.29, 1.82) is 5.26 Å². The minimum Gasteiger partial charge on any atom is -0.342 e. The van der Waals surface area contributed by atoms with Crippen LogP contribution in [-0.4, -0.2) is 15.3 Å². The molecule has 5 heteroatoms. The van der Waals surface area contributed by atoms with E-state index in [4.69, 9.17) is 16.9 Å². The lowest BCUT2D eigenvalue weighted by Crippen LogP contribution is -2.16. The highest BCUT2D eigenvalue weighted by Gasteiger charge is 2.17. The Balaban J connectivity index is 2.21. The molecule has 0 amide bonds. The maximum Gasteiger partial charge on any atom is 0.136 e. The second-order valence-electron chi connectivity index (χ2n) is 3.78. The molecule has 0 aromatic carbocycles. The fourth-order valence-electron chi connectivity index (χ4n) is 1.54. The molecular formula is C12H11ClN4. The van der Waals surface area contributed by atoms with E-state index < -0.39 is 0 Å². The maximum atomic E-state index is 8.78. The molecule has 0 aliphatic heterocycles. The molecule has 1 heterocycles. The Bertz CT molecular complexity index is 528. The summed E-state index contributed by atoms with van der Waals surface area (Å²) in [5.41, 5.74) is 2.50. The van der Waals surface area contributed by atoms with Gasteiger partial charge >= 0.3 is 0 Å². The van der Waals surface area contributed by atoms with Gasteiger partial charge in [0.05, 0.1) is 11.4 Å². The third-order valence-corrected chi connectivity index (χ3v) is 2.89. The molecule has 1 aliphatic carbocycles. The zero-order chi connectivity index (χ0) is 12.3. The van der Waals surface area contributed by atoms with E-state index in [0.29, 0.717) is 12.0 Å². The fraction of sp³-hybridized carbons (Fsp3) is 0.250. The third kappa shape index (κ3) is 2.63. The summed E-state index contributed by atoms with van der Waals surface area (Å²) in [6.45, 7) is 1.92. The van der Waals surface area contributed by atoms with Crippen LogP contribution in [0.15, 0.2) is 35.9 Å². The number of hydrogen-bond donors (Lipinski definition) is 1. The van der Waals surface area contributed by atoms with E-state index >= 15 is 0 Å². The minimum atomic E-state index is -0.219. The van der Waals surface area contributed by atoms with E-state index in [-0.39, 0.29) is 5.38 Å². The van der Waals surface area contributed by atoms with Gasteiger partial charge in [-0.05, 0) is 19.1 Å². The zero-order valence-corrected chi connectivity index (χ0v) is 10.1. The first-order valence-electron chi connectivity index (χ1n) is 5.19. The summed E-state index contributed by atoms with van der Waals surface area (Å²) in [4.78, 5) is 8.06. The molecule has 2 rings (SSSR count). The van der Waals surface area contributed by atoms with Gasteiger partial charge in [-0.25, -0.2) is 9.97 Å². The quantitative estimate of drug-likeness (QED) is 0.815. The van der Waals surface area contributed by atoms with Crippen molar-refractivity contribution in [1.82, 2.24) is 9.97 Å². The largest absolute Gasteiger partial charge is 0.342 e. The molecule has 0 spiro atoms. The molecule has 1 N–H and O–H groups in total. The summed E-state index contributed by atoms with van der Waals surface area (Å²) < 4.78 is 0. The predicted molar refractivity (Wildman–Crippen MR) is 66.4 cm³/mol. The molecular weight excluding hydrogens is 236 g/mol. The number of alkyl halides is 1. The second-order valence-corrected chi connectivity index (χ2v) is 4.30. The van der Waals surface area contributed by atoms with Crippen molar-refractivity contribution in [2.45, 2.75) is 18.7 Å². The number of nitrogens with one attached hydrogen (secondary N) is 1. The van der Waals surface area contributed by atoms with Gasteiger partial charge in [-0.1, -0.05) is 0 Å². The van der Waals surface area contributed by atoms with Crippen molar-refractivity contribution in [2.24, 2.45) is 0 Å². The number of halogens is 1. The van der Waals surface area contributed by atoms with Gasteiger partial charge in [0.15, 0.2) is 0 Å². The molecule has 0 saturated carbocycles. The van der Waals surface area contributed by atoms with E-state index in [2.05, 4.69) is 21.4 Å². The van der Waals surface area contributed by atoms with Crippen molar-refractivity contribution < 1.29 is 0 Å². The molecule has 1 aromatic rings. The highest BCUT2D eigenvalue weighted by Crippen LogP contribution is 2.25. The number of aromatic nitrogens is 2. The molecule has 1 aromatic heterocycles. The number of allylic oxidation sites excluding steroid dienone is 4. The first-order chi connectivity index (χ1) is 8.20. The fourth-order valence-corrected chi connectivity index (χ4v) is 1.83. The molecule has 1 aliphatic rings. The number of nitrogens with zero attached hydrogens (tertiary/aromatic N) is 3. The van der Waals surface area contributed by atoms with Crippen LogP contribution in [0.5, 0.6) is 0 Å². The van der Waals surface area contributed by atoms with Gasteiger partial charge in [0, 0.05) is 29.5 Å². The van der Waals surface area contributed by atoms with Gasteiger partial charge in [-0.2, -0.15) is 5.26 Å². The van der Waals surface area contributed by atoms with E-state index in [1.807, 2.05) is 13.0 Å². The number of rotatable bonds is 2. The van der Waals surface area contributed by atoms with Gasteiger partial charge in [0.2, 0.25) is 0 Å². The molecule has 0 fully saturated rings. The highest BCUT2D eigenvalue weighted by molar-refractivity contribution is 6.23. The molecule has 86 valence electrons. The average molecular weight is 247 g/mol. The van der Waals surface area contributed by atoms with E-state index in [1.165, 1.54) is 6.33 Å². The minimum absolute atomic E-state index is 0.219. The Morgan fingerprint density at radius 2 is 2.35 bits per heavy atom. The first kappa shape index (κ1) is 11.6. The summed E-state index contributed by atoms with van der Waals surface area (Å²) in [6.07, 6.45) is 7.36. The van der Waals surface area contributed by atoms with E-state index in [0.717, 1.165) is 17.1 Å². The van der Waals surface area contributed by atoms with Gasteiger partial charge < -0.3 is 5.32 Å². The van der Waals surface area contributed by atoms with Crippen LogP contribution in [0.3, 0.4) is 0 Å². The Kier molecular flexibility index (Phi) is 3.40. The lowest BCUT2D eigenvalue weighted by atomic mass is 10.0. The summed E-state index contributed by atoms with van der Waals surface area (Å²) in [7, 11) is 0. The monoisotopic (exact) mass is 246 g/mol. The summed E-state index contributed by atoms with van der Waals surface area (Å²) in [5, 5.41) is 11.7. The second kappa shape index (κ2) is 4.98. The number of hydrogen-bond acceptors (Lipinski definition) is 4. The van der Waals surface area contributed by atoms with Crippen molar-refractivity contribution in [2.75, 3.05) is 5.32 Å². The number of aryl methyl sites for hydroxylation is 1. The molecule has 1 unspecified atom stereocenters. The Labute approximate surface area is 105 Å². The first-order valence-corrected chi connectivity index (χ1v) is 5.63. The Morgan fingerprint density at radius 1 is 1.53 bits per heavy atom. The third-order valence-electron chi connectivity index (χ3n) is 2.50. The normalized spacial score (nSPS) is 19.0. The van der Waals surface area contributed by atoms with Crippen LogP contribution >= 0.6 is 11.6 Å². The van der Waals surface area contributed by atoms with Crippen LogP contribution in [0.4, 0.5) is 5.82 Å². The van der Waals surface area contributed by atoms with Crippen LogP contribution in [0.2, 0.25) is 0 Å². The highest BCUT2D eigenvalue weighted by atomic mass is 35.5.